The lowest BCUT2D eigenvalue weighted by Crippen LogP contribution is -2.44. The van der Waals surface area contributed by atoms with Gasteiger partial charge < -0.3 is 27.8 Å². The summed E-state index contributed by atoms with van der Waals surface area (Å²) in [7, 11) is 0. The number of piperidine rings is 1. The molecule has 1 saturated heterocycles. The second-order valence-corrected chi connectivity index (χ2v) is 10.5. The van der Waals surface area contributed by atoms with E-state index in [0.29, 0.717) is 15.9 Å². The number of amides is 1. The first kappa shape index (κ1) is 24.2. The fourth-order valence-corrected chi connectivity index (χ4v) is 6.00. The van der Waals surface area contributed by atoms with Gasteiger partial charge in [0.15, 0.2) is 5.82 Å². The van der Waals surface area contributed by atoms with Crippen molar-refractivity contribution in [3.05, 3.63) is 58.4 Å². The number of fused-ring (bicyclic) bond motifs is 1. The van der Waals surface area contributed by atoms with Gasteiger partial charge in [-0.2, -0.15) is 0 Å². The maximum Gasteiger partial charge on any atom is 0.293 e. The minimum Gasteiger partial charge on any atom is -0.382 e. The van der Waals surface area contributed by atoms with Crippen molar-refractivity contribution in [2.75, 3.05) is 29.5 Å². The number of nitrogen functional groups attached to an aromatic ring is 2. The summed E-state index contributed by atoms with van der Waals surface area (Å²) in [5, 5.41) is 0.929. The molecule has 1 spiro atoms. The Morgan fingerprint density at radius 3 is 2.67 bits per heavy atom. The van der Waals surface area contributed by atoms with Gasteiger partial charge >= 0.3 is 0 Å². The van der Waals surface area contributed by atoms with Crippen LogP contribution in [0.5, 0.6) is 0 Å². The van der Waals surface area contributed by atoms with E-state index in [1.54, 1.807) is 18.5 Å². The molecular weight excluding hydrogens is 496 g/mol. The number of nitrogens with zero attached hydrogens (tertiary/aromatic N) is 4. The van der Waals surface area contributed by atoms with Crippen LogP contribution in [0.25, 0.3) is 0 Å². The van der Waals surface area contributed by atoms with Gasteiger partial charge in [0, 0.05) is 35.8 Å². The van der Waals surface area contributed by atoms with E-state index in [1.807, 2.05) is 12.1 Å². The fourth-order valence-electron chi connectivity index (χ4n) is 4.98. The van der Waals surface area contributed by atoms with E-state index in [-0.39, 0.29) is 17.3 Å². The Morgan fingerprint density at radius 2 is 1.94 bits per heavy atom. The van der Waals surface area contributed by atoms with E-state index in [0.717, 1.165) is 54.2 Å². The summed E-state index contributed by atoms with van der Waals surface area (Å²) >= 11 is 7.55. The number of carbonyl (C=O) groups excluding carboxylic acids is 1. The SMILES string of the molecule is NC(=O)C#Cc1ccc2c(c1)[C@@H](N)C1(CCN(c3cnc(Sc4ccnc(N)c4Cl)c(N)n3)CC1)C2. The van der Waals surface area contributed by atoms with Crippen molar-refractivity contribution in [2.24, 2.45) is 16.9 Å². The number of benzene rings is 1. The predicted molar refractivity (Wildman–Crippen MR) is 141 cm³/mol. The lowest BCUT2D eigenvalue weighted by molar-refractivity contribution is -0.112. The third-order valence-electron chi connectivity index (χ3n) is 6.94. The van der Waals surface area contributed by atoms with Gasteiger partial charge in [-0.1, -0.05) is 35.3 Å². The fraction of sp³-hybridized carbons (Fsp3) is 0.280. The number of rotatable bonds is 3. The molecule has 2 aliphatic rings. The monoisotopic (exact) mass is 520 g/mol. The molecule has 36 heavy (non-hydrogen) atoms. The first-order chi connectivity index (χ1) is 17.3. The molecule has 184 valence electrons. The number of pyridine rings is 1. The molecule has 1 aliphatic heterocycles. The van der Waals surface area contributed by atoms with E-state index in [4.69, 9.17) is 34.5 Å². The Kier molecular flexibility index (Phi) is 6.38. The van der Waals surface area contributed by atoms with E-state index in [1.165, 1.54) is 17.3 Å². The smallest absolute Gasteiger partial charge is 0.293 e. The van der Waals surface area contributed by atoms with Crippen LogP contribution < -0.4 is 27.8 Å². The molecule has 3 heterocycles. The van der Waals surface area contributed by atoms with Crippen LogP contribution in [-0.2, 0) is 11.2 Å². The van der Waals surface area contributed by atoms with E-state index in [2.05, 4.69) is 37.8 Å². The number of primary amides is 1. The number of aromatic nitrogens is 3. The van der Waals surface area contributed by atoms with E-state index >= 15 is 0 Å². The second kappa shape index (κ2) is 9.50. The lowest BCUT2D eigenvalue weighted by Gasteiger charge is -2.42. The quantitative estimate of drug-likeness (QED) is 0.380. The van der Waals surface area contributed by atoms with Crippen LogP contribution in [0.1, 0.15) is 35.6 Å². The molecule has 1 aliphatic carbocycles. The molecule has 2 aromatic heterocycles. The zero-order chi connectivity index (χ0) is 25.4. The molecule has 1 atom stereocenters. The van der Waals surface area contributed by atoms with Crippen molar-refractivity contribution in [3.8, 4) is 11.8 Å². The van der Waals surface area contributed by atoms with Crippen LogP contribution in [0.2, 0.25) is 5.02 Å². The number of hydrogen-bond acceptors (Lipinski definition) is 9. The normalized spacial score (nSPS) is 17.9. The minimum atomic E-state index is -0.648. The maximum absolute atomic E-state index is 11.0. The molecule has 0 unspecified atom stereocenters. The molecule has 3 aromatic rings. The largest absolute Gasteiger partial charge is 0.382 e. The van der Waals surface area contributed by atoms with E-state index in [9.17, 15) is 4.79 Å². The second-order valence-electron chi connectivity index (χ2n) is 9.06. The molecule has 1 aromatic carbocycles. The summed E-state index contributed by atoms with van der Waals surface area (Å²) in [4.78, 5) is 27.0. The number of anilines is 3. The Labute approximate surface area is 218 Å². The van der Waals surface area contributed by atoms with Gasteiger partial charge in [0.2, 0.25) is 0 Å². The van der Waals surface area contributed by atoms with Crippen molar-refractivity contribution in [2.45, 2.75) is 35.2 Å². The Hall–Kier alpha value is -3.52. The maximum atomic E-state index is 11.0. The van der Waals surface area contributed by atoms with Crippen LogP contribution in [0.15, 0.2) is 46.6 Å². The van der Waals surface area contributed by atoms with Gasteiger partial charge in [-0.15, -0.1) is 0 Å². The van der Waals surface area contributed by atoms with Gasteiger partial charge in [0.25, 0.3) is 5.91 Å². The Morgan fingerprint density at radius 1 is 1.17 bits per heavy atom. The predicted octanol–water partition coefficient (Wildman–Crippen LogP) is 2.52. The van der Waals surface area contributed by atoms with Gasteiger partial charge in [-0.05, 0) is 59.9 Å². The van der Waals surface area contributed by atoms with Gasteiger partial charge in [0.1, 0.15) is 16.7 Å². The number of nitrogens with two attached hydrogens (primary N) is 4. The highest BCUT2D eigenvalue weighted by molar-refractivity contribution is 7.99. The zero-order valence-corrected chi connectivity index (χ0v) is 20.9. The molecular formula is C25H25ClN8OS. The standard InChI is InChI=1S/C25H25ClN8OS/c26-20-17(5-8-31-22(20)29)36-24-23(30)33-19(13-32-24)34-9-6-25(7-10-34)12-15-3-1-14(2-4-18(27)35)11-16(15)21(25)28/h1,3,5,8,11,13,21H,6-7,9-10,12,28H2,(H2,27,35)(H2,29,31)(H2,30,33)/t21-/m1/s1. The summed E-state index contributed by atoms with van der Waals surface area (Å²) in [6.45, 7) is 1.59. The molecule has 9 nitrogen and oxygen atoms in total. The summed E-state index contributed by atoms with van der Waals surface area (Å²) in [5.74, 6) is 5.88. The van der Waals surface area contributed by atoms with Gasteiger partial charge in [0.05, 0.1) is 11.2 Å². The van der Waals surface area contributed by atoms with Crippen LogP contribution in [0, 0.1) is 17.3 Å². The van der Waals surface area contributed by atoms with Crippen molar-refractivity contribution >= 4 is 46.7 Å². The Balaban J connectivity index is 1.28. The molecule has 8 N–H and O–H groups in total. The van der Waals surface area contributed by atoms with Crippen molar-refractivity contribution < 1.29 is 4.79 Å². The third-order valence-corrected chi connectivity index (χ3v) is 8.51. The molecule has 11 heteroatoms. The molecule has 0 bridgehead atoms. The summed E-state index contributed by atoms with van der Waals surface area (Å²) in [5.41, 5.74) is 27.0. The summed E-state index contributed by atoms with van der Waals surface area (Å²) in [6, 6.07) is 7.63. The number of halogens is 1. The minimum absolute atomic E-state index is 0.0264. The number of hydrogen-bond donors (Lipinski definition) is 4. The van der Waals surface area contributed by atoms with Crippen LogP contribution >= 0.6 is 23.4 Å². The average molecular weight is 521 g/mol. The topological polar surface area (TPSA) is 163 Å². The molecule has 0 radical (unpaired) electrons. The number of carbonyl (C=O) groups is 1. The Bertz CT molecular complexity index is 1410. The first-order valence-electron chi connectivity index (χ1n) is 11.4. The highest BCUT2D eigenvalue weighted by atomic mass is 35.5. The first-order valence-corrected chi connectivity index (χ1v) is 12.6. The van der Waals surface area contributed by atoms with Gasteiger partial charge in [-0.25, -0.2) is 15.0 Å². The summed E-state index contributed by atoms with van der Waals surface area (Å²) in [6.07, 6.45) is 6.07. The lowest BCUT2D eigenvalue weighted by atomic mass is 9.73. The molecule has 0 saturated carbocycles. The highest BCUT2D eigenvalue weighted by Crippen LogP contribution is 2.51. The van der Waals surface area contributed by atoms with Crippen molar-refractivity contribution in [1.29, 1.82) is 0 Å². The molecule has 1 amide bonds. The molecule has 1 fully saturated rings. The van der Waals surface area contributed by atoms with Crippen molar-refractivity contribution in [3.63, 3.8) is 0 Å². The van der Waals surface area contributed by atoms with Gasteiger partial charge in [-0.3, -0.25) is 4.79 Å². The molecule has 5 rings (SSSR count). The van der Waals surface area contributed by atoms with Crippen molar-refractivity contribution in [1.82, 2.24) is 15.0 Å². The van der Waals surface area contributed by atoms with Crippen LogP contribution in [0.4, 0.5) is 17.5 Å². The average Bonchev–Trinajstić information content (AvgIpc) is 3.13. The summed E-state index contributed by atoms with van der Waals surface area (Å²) < 4.78 is 0. The highest BCUT2D eigenvalue weighted by Gasteiger charge is 2.46. The zero-order valence-electron chi connectivity index (χ0n) is 19.4. The van der Waals surface area contributed by atoms with E-state index < -0.39 is 5.91 Å². The van der Waals surface area contributed by atoms with Crippen LogP contribution in [-0.4, -0.2) is 33.9 Å². The van der Waals surface area contributed by atoms with Crippen LogP contribution in [0.3, 0.4) is 0 Å². The third kappa shape index (κ3) is 4.53.